The highest BCUT2D eigenvalue weighted by Gasteiger charge is 2.14. The van der Waals surface area contributed by atoms with E-state index < -0.39 is 4.92 Å². The summed E-state index contributed by atoms with van der Waals surface area (Å²) in [5.74, 6) is 0.00110. The molecule has 198 valence electrons. The molecule has 1 aromatic rings. The van der Waals surface area contributed by atoms with Crippen LogP contribution in [0, 0.1) is 10.1 Å². The normalized spacial score (nSPS) is 11.6. The molecule has 0 saturated heterocycles. The quantitative estimate of drug-likeness (QED) is 0.0503. The highest BCUT2D eigenvalue weighted by Crippen LogP contribution is 2.17. The first-order valence-electron chi connectivity index (χ1n) is 13.8. The zero-order valence-corrected chi connectivity index (χ0v) is 23.7. The Morgan fingerprint density at radius 2 is 1.26 bits per heavy atom. The van der Waals surface area contributed by atoms with Crippen molar-refractivity contribution in [3.05, 3.63) is 45.5 Å². The summed E-state index contributed by atoms with van der Waals surface area (Å²) in [6, 6.07) is 6.26. The number of carbonyl (C=O) groups is 1. The summed E-state index contributed by atoms with van der Waals surface area (Å²) in [4.78, 5) is 24.9. The maximum atomic E-state index is 12.8. The third-order valence-corrected chi connectivity index (χ3v) is 7.16. The summed E-state index contributed by atoms with van der Waals surface area (Å²) in [5.41, 5.74) is 1.49. The molecular weight excluding hydrogens is 504 g/mol. The van der Waals surface area contributed by atoms with Crippen LogP contribution in [0.25, 0.3) is 6.08 Å². The number of non-ortho nitro benzene ring substituents is 1. The van der Waals surface area contributed by atoms with Crippen molar-refractivity contribution in [1.29, 1.82) is 0 Å². The number of nitrogens with zero attached hydrogens (tertiary/aromatic N) is 2. The predicted octanol–water partition coefficient (Wildman–Crippen LogP) is 9.09. The van der Waals surface area contributed by atoms with E-state index in [2.05, 4.69) is 22.9 Å². The lowest BCUT2D eigenvalue weighted by Crippen LogP contribution is -2.29. The van der Waals surface area contributed by atoms with Crippen molar-refractivity contribution in [2.45, 2.75) is 110 Å². The third-order valence-electron chi connectivity index (χ3n) is 6.56. The molecule has 0 aliphatic heterocycles. The van der Waals surface area contributed by atoms with E-state index in [0.717, 1.165) is 24.9 Å². The molecule has 0 N–H and O–H groups in total. The van der Waals surface area contributed by atoms with Crippen molar-refractivity contribution in [3.8, 4) is 0 Å². The molecule has 0 saturated carbocycles. The van der Waals surface area contributed by atoms with Crippen LogP contribution in [-0.4, -0.2) is 34.7 Å². The highest BCUT2D eigenvalue weighted by molar-refractivity contribution is 9.09. The van der Waals surface area contributed by atoms with Crippen LogP contribution in [0.3, 0.4) is 0 Å². The zero-order valence-electron chi connectivity index (χ0n) is 22.1. The summed E-state index contributed by atoms with van der Waals surface area (Å²) >= 11 is 3.41. The van der Waals surface area contributed by atoms with Crippen LogP contribution in [0.2, 0.25) is 0 Å². The molecule has 0 aliphatic rings. The molecule has 6 heteroatoms. The Balaban J connectivity index is 2.09. The SMILES string of the molecule is CCCCCCCCCCCCCCCCCCN(C)C(=O)C(=Cc1ccc([N+](=O)[O-])cc1)CBr. The van der Waals surface area contributed by atoms with Crippen LogP contribution in [-0.2, 0) is 4.79 Å². The monoisotopic (exact) mass is 550 g/mol. The van der Waals surface area contributed by atoms with Crippen LogP contribution < -0.4 is 0 Å². The number of carbonyl (C=O) groups excluding carboxylic acids is 1. The van der Waals surface area contributed by atoms with Crippen molar-refractivity contribution >= 4 is 33.6 Å². The lowest BCUT2D eigenvalue weighted by molar-refractivity contribution is -0.384. The van der Waals surface area contributed by atoms with Gasteiger partial charge in [0.25, 0.3) is 5.69 Å². The summed E-state index contributed by atoms with van der Waals surface area (Å²) in [6.45, 7) is 3.03. The number of amides is 1. The van der Waals surface area contributed by atoms with Gasteiger partial charge in [-0.1, -0.05) is 119 Å². The van der Waals surface area contributed by atoms with Gasteiger partial charge in [-0.3, -0.25) is 14.9 Å². The first-order chi connectivity index (χ1) is 17.0. The van der Waals surface area contributed by atoms with Gasteiger partial charge in [0.2, 0.25) is 5.91 Å². The molecule has 1 amide bonds. The topological polar surface area (TPSA) is 63.5 Å². The molecule has 0 radical (unpaired) electrons. The molecule has 35 heavy (non-hydrogen) atoms. The van der Waals surface area contributed by atoms with E-state index in [9.17, 15) is 14.9 Å². The fourth-order valence-electron chi connectivity index (χ4n) is 4.29. The molecule has 0 aromatic heterocycles. The van der Waals surface area contributed by atoms with Crippen LogP contribution in [0.5, 0.6) is 0 Å². The van der Waals surface area contributed by atoms with Crippen LogP contribution in [0.1, 0.15) is 115 Å². The molecule has 0 bridgehead atoms. The Hall–Kier alpha value is -1.69. The Labute approximate surface area is 222 Å². The number of likely N-dealkylation sites (N-methyl/N-ethyl adjacent to an activating group) is 1. The maximum Gasteiger partial charge on any atom is 0.269 e. The molecule has 0 spiro atoms. The van der Waals surface area contributed by atoms with E-state index in [1.165, 1.54) is 102 Å². The Morgan fingerprint density at radius 1 is 0.829 bits per heavy atom. The number of unbranched alkanes of at least 4 members (excludes halogenated alkanes) is 15. The standard InChI is InChI=1S/C29H47BrN2O3/c1-3-4-5-6-7-8-9-10-11-12-13-14-15-16-17-18-23-31(2)29(33)27(25-30)24-26-19-21-28(22-20-26)32(34)35/h19-22,24H,3-18,23,25H2,1-2H3. The number of hydrogen-bond donors (Lipinski definition) is 0. The van der Waals surface area contributed by atoms with Gasteiger partial charge in [0.15, 0.2) is 0 Å². The molecular formula is C29H47BrN2O3. The molecule has 0 fully saturated rings. The van der Waals surface area contributed by atoms with Gasteiger partial charge in [0.1, 0.15) is 0 Å². The predicted molar refractivity (Wildman–Crippen MR) is 152 cm³/mol. The second kappa shape index (κ2) is 20.5. The molecule has 5 nitrogen and oxygen atoms in total. The van der Waals surface area contributed by atoms with E-state index in [1.807, 2.05) is 7.05 Å². The highest BCUT2D eigenvalue weighted by atomic mass is 79.9. The van der Waals surface area contributed by atoms with E-state index in [0.29, 0.717) is 10.9 Å². The molecule has 0 atom stereocenters. The van der Waals surface area contributed by atoms with E-state index in [1.54, 1.807) is 23.1 Å². The fraction of sp³-hybridized carbons (Fsp3) is 0.690. The average Bonchev–Trinajstić information content (AvgIpc) is 2.86. The number of hydrogen-bond acceptors (Lipinski definition) is 3. The third kappa shape index (κ3) is 15.1. The first kappa shape index (κ1) is 31.3. The number of halogens is 1. The summed E-state index contributed by atoms with van der Waals surface area (Å²) in [5, 5.41) is 11.2. The van der Waals surface area contributed by atoms with Gasteiger partial charge in [0, 0.05) is 36.6 Å². The summed E-state index contributed by atoms with van der Waals surface area (Å²) in [7, 11) is 1.85. The lowest BCUT2D eigenvalue weighted by Gasteiger charge is -2.18. The van der Waals surface area contributed by atoms with Gasteiger partial charge < -0.3 is 4.90 Å². The molecule has 0 unspecified atom stereocenters. The van der Waals surface area contributed by atoms with E-state index in [-0.39, 0.29) is 11.6 Å². The number of benzene rings is 1. The van der Waals surface area contributed by atoms with Gasteiger partial charge in [-0.2, -0.15) is 0 Å². The summed E-state index contributed by atoms with van der Waals surface area (Å²) in [6.07, 6.45) is 23.2. The minimum atomic E-state index is -0.421. The van der Waals surface area contributed by atoms with Crippen molar-refractivity contribution in [1.82, 2.24) is 4.90 Å². The first-order valence-corrected chi connectivity index (χ1v) is 14.9. The van der Waals surface area contributed by atoms with Crippen LogP contribution in [0.15, 0.2) is 29.8 Å². The average molecular weight is 552 g/mol. The zero-order chi connectivity index (χ0) is 25.7. The Kier molecular flexibility index (Phi) is 18.4. The van der Waals surface area contributed by atoms with Gasteiger partial charge >= 0.3 is 0 Å². The van der Waals surface area contributed by atoms with Gasteiger partial charge in [0.05, 0.1) is 4.92 Å². The second-order valence-corrected chi connectivity index (χ2v) is 10.2. The Morgan fingerprint density at radius 3 is 1.66 bits per heavy atom. The second-order valence-electron chi connectivity index (χ2n) is 9.68. The van der Waals surface area contributed by atoms with Crippen LogP contribution >= 0.6 is 15.9 Å². The van der Waals surface area contributed by atoms with Crippen molar-refractivity contribution in [2.75, 3.05) is 18.9 Å². The number of nitro benzene ring substituents is 1. The smallest absolute Gasteiger partial charge is 0.269 e. The van der Waals surface area contributed by atoms with Gasteiger partial charge in [-0.05, 0) is 30.2 Å². The minimum Gasteiger partial charge on any atom is -0.342 e. The lowest BCUT2D eigenvalue weighted by atomic mass is 10.0. The molecule has 0 heterocycles. The largest absolute Gasteiger partial charge is 0.342 e. The van der Waals surface area contributed by atoms with Gasteiger partial charge in [-0.15, -0.1) is 0 Å². The summed E-state index contributed by atoms with van der Waals surface area (Å²) < 4.78 is 0. The van der Waals surface area contributed by atoms with Crippen molar-refractivity contribution in [3.63, 3.8) is 0 Å². The van der Waals surface area contributed by atoms with Crippen molar-refractivity contribution < 1.29 is 9.72 Å². The van der Waals surface area contributed by atoms with Crippen LogP contribution in [0.4, 0.5) is 5.69 Å². The fourth-order valence-corrected chi connectivity index (χ4v) is 4.70. The minimum absolute atomic E-state index is 0.00110. The van der Waals surface area contributed by atoms with E-state index in [4.69, 9.17) is 0 Å². The van der Waals surface area contributed by atoms with Crippen molar-refractivity contribution in [2.24, 2.45) is 0 Å². The van der Waals surface area contributed by atoms with Gasteiger partial charge in [-0.25, -0.2) is 0 Å². The Bertz CT molecular complexity index is 734. The molecule has 0 aliphatic carbocycles. The number of nitro groups is 1. The number of rotatable bonds is 21. The number of alkyl halides is 1. The molecule has 1 rings (SSSR count). The van der Waals surface area contributed by atoms with E-state index >= 15 is 0 Å². The maximum absolute atomic E-state index is 12.8. The molecule has 1 aromatic carbocycles.